The van der Waals surface area contributed by atoms with E-state index < -0.39 is 0 Å². The monoisotopic (exact) mass is 221 g/mol. The number of ketones is 1. The quantitative estimate of drug-likeness (QED) is 0.790. The third-order valence-corrected chi connectivity index (χ3v) is 2.71. The van der Waals surface area contributed by atoms with Crippen molar-refractivity contribution < 1.29 is 4.79 Å². The van der Waals surface area contributed by atoms with Crippen molar-refractivity contribution in [2.75, 3.05) is 0 Å². The lowest BCUT2D eigenvalue weighted by Crippen LogP contribution is -2.26. The summed E-state index contributed by atoms with van der Waals surface area (Å²) in [6, 6.07) is 7.67. The minimum absolute atomic E-state index is 0.0831. The molecule has 0 bridgehead atoms. The Bertz CT molecular complexity index is 408. The van der Waals surface area contributed by atoms with Crippen LogP contribution in [0.15, 0.2) is 36.0 Å². The number of hydrogen-bond acceptors (Lipinski definition) is 2. The summed E-state index contributed by atoms with van der Waals surface area (Å²) in [6.45, 7) is 1.90. The van der Waals surface area contributed by atoms with E-state index in [1.165, 1.54) is 0 Å². The molecule has 0 radical (unpaired) electrons. The summed E-state index contributed by atoms with van der Waals surface area (Å²) < 4.78 is 0. The van der Waals surface area contributed by atoms with Gasteiger partial charge in [0.15, 0.2) is 5.78 Å². The molecule has 78 valence electrons. The zero-order valence-electron chi connectivity index (χ0n) is 8.46. The highest BCUT2D eigenvalue weighted by Gasteiger charge is 2.18. The molecule has 1 aliphatic rings. The topological polar surface area (TPSA) is 29.1 Å². The van der Waals surface area contributed by atoms with Crippen molar-refractivity contribution in [3.63, 3.8) is 0 Å². The van der Waals surface area contributed by atoms with Gasteiger partial charge < -0.3 is 5.32 Å². The van der Waals surface area contributed by atoms with Gasteiger partial charge in [0.1, 0.15) is 0 Å². The molecule has 1 aromatic rings. The van der Waals surface area contributed by atoms with Crippen LogP contribution in [-0.4, -0.2) is 5.78 Å². The molecule has 1 unspecified atom stereocenters. The second kappa shape index (κ2) is 4.07. The SMILES string of the molecule is CC1=CC(=O)CC(c2ccc(Cl)cc2)N1. The second-order valence-electron chi connectivity index (χ2n) is 3.75. The van der Waals surface area contributed by atoms with Gasteiger partial charge in [-0.2, -0.15) is 0 Å². The molecule has 0 fully saturated rings. The third-order valence-electron chi connectivity index (χ3n) is 2.46. The normalized spacial score (nSPS) is 20.8. The summed E-state index contributed by atoms with van der Waals surface area (Å²) in [5.74, 6) is 0.172. The summed E-state index contributed by atoms with van der Waals surface area (Å²) in [6.07, 6.45) is 2.16. The molecule has 0 amide bonds. The number of carbonyl (C=O) groups is 1. The first-order valence-corrected chi connectivity index (χ1v) is 5.26. The van der Waals surface area contributed by atoms with Crippen molar-refractivity contribution >= 4 is 17.4 Å². The van der Waals surface area contributed by atoms with E-state index >= 15 is 0 Å². The summed E-state index contributed by atoms with van der Waals surface area (Å²) in [5.41, 5.74) is 2.02. The summed E-state index contributed by atoms with van der Waals surface area (Å²) in [5, 5.41) is 4.00. The minimum Gasteiger partial charge on any atom is -0.381 e. The lowest BCUT2D eigenvalue weighted by Gasteiger charge is -2.23. The Morgan fingerprint density at radius 3 is 2.60 bits per heavy atom. The Labute approximate surface area is 93.9 Å². The van der Waals surface area contributed by atoms with Gasteiger partial charge in [0, 0.05) is 17.1 Å². The Morgan fingerprint density at radius 2 is 2.00 bits per heavy atom. The van der Waals surface area contributed by atoms with Crippen molar-refractivity contribution in [2.45, 2.75) is 19.4 Å². The van der Waals surface area contributed by atoms with E-state index in [0.29, 0.717) is 11.4 Å². The average molecular weight is 222 g/mol. The number of halogens is 1. The van der Waals surface area contributed by atoms with Crippen LogP contribution in [0.2, 0.25) is 5.02 Å². The van der Waals surface area contributed by atoms with Crippen LogP contribution in [0.4, 0.5) is 0 Å². The molecule has 0 saturated carbocycles. The maximum absolute atomic E-state index is 11.4. The first-order chi connectivity index (χ1) is 7.15. The lowest BCUT2D eigenvalue weighted by atomic mass is 9.98. The van der Waals surface area contributed by atoms with Crippen molar-refractivity contribution in [1.29, 1.82) is 0 Å². The van der Waals surface area contributed by atoms with Gasteiger partial charge in [0.25, 0.3) is 0 Å². The second-order valence-corrected chi connectivity index (χ2v) is 4.18. The summed E-state index contributed by atoms with van der Waals surface area (Å²) in [7, 11) is 0. The van der Waals surface area contributed by atoms with Gasteiger partial charge in [0.2, 0.25) is 0 Å². The fraction of sp³-hybridized carbons (Fsp3) is 0.250. The predicted octanol–water partition coefficient (Wildman–Crippen LogP) is 2.85. The van der Waals surface area contributed by atoms with Gasteiger partial charge in [-0.1, -0.05) is 23.7 Å². The molecular weight excluding hydrogens is 210 g/mol. The van der Waals surface area contributed by atoms with Crippen molar-refractivity contribution in [2.24, 2.45) is 0 Å². The number of nitrogens with one attached hydrogen (secondary N) is 1. The molecule has 0 spiro atoms. The predicted molar refractivity (Wildman–Crippen MR) is 60.7 cm³/mol. The van der Waals surface area contributed by atoms with Crippen LogP contribution >= 0.6 is 11.6 Å². The molecule has 1 aromatic carbocycles. The van der Waals surface area contributed by atoms with Crippen molar-refractivity contribution in [3.05, 3.63) is 46.6 Å². The van der Waals surface area contributed by atoms with Gasteiger partial charge in [0.05, 0.1) is 6.04 Å². The van der Waals surface area contributed by atoms with Crippen LogP contribution in [0.25, 0.3) is 0 Å². The Kier molecular flexibility index (Phi) is 2.78. The maximum atomic E-state index is 11.4. The number of hydrogen-bond donors (Lipinski definition) is 1. The minimum atomic E-state index is 0.0831. The Balaban J connectivity index is 2.22. The molecule has 2 rings (SSSR count). The third kappa shape index (κ3) is 2.39. The van der Waals surface area contributed by atoms with Crippen LogP contribution in [0, 0.1) is 0 Å². The number of allylic oxidation sites excluding steroid dienone is 2. The van der Waals surface area contributed by atoms with E-state index in [1.54, 1.807) is 6.08 Å². The zero-order valence-corrected chi connectivity index (χ0v) is 9.21. The summed E-state index contributed by atoms with van der Waals surface area (Å²) >= 11 is 5.81. The standard InChI is InChI=1S/C12H12ClNO/c1-8-6-11(15)7-12(14-8)9-2-4-10(13)5-3-9/h2-6,12,14H,7H2,1H3. The van der Waals surface area contributed by atoms with E-state index in [0.717, 1.165) is 11.3 Å². The fourth-order valence-corrected chi connectivity index (χ4v) is 1.89. The van der Waals surface area contributed by atoms with Crippen LogP contribution in [0.3, 0.4) is 0 Å². The smallest absolute Gasteiger partial charge is 0.159 e. The van der Waals surface area contributed by atoms with E-state index in [4.69, 9.17) is 11.6 Å². The number of carbonyl (C=O) groups excluding carboxylic acids is 1. The van der Waals surface area contributed by atoms with Crippen molar-refractivity contribution in [3.8, 4) is 0 Å². The number of rotatable bonds is 1. The van der Waals surface area contributed by atoms with Crippen LogP contribution < -0.4 is 5.32 Å². The van der Waals surface area contributed by atoms with Crippen LogP contribution in [0.1, 0.15) is 24.9 Å². The molecular formula is C12H12ClNO. The Morgan fingerprint density at radius 1 is 1.33 bits per heavy atom. The molecule has 0 saturated heterocycles. The first kappa shape index (κ1) is 10.2. The molecule has 0 aromatic heterocycles. The van der Waals surface area contributed by atoms with E-state index in [2.05, 4.69) is 5.32 Å². The molecule has 2 nitrogen and oxygen atoms in total. The van der Waals surface area contributed by atoms with Gasteiger partial charge in [-0.3, -0.25) is 4.79 Å². The molecule has 1 atom stereocenters. The molecule has 1 N–H and O–H groups in total. The van der Waals surface area contributed by atoms with Crippen LogP contribution in [0.5, 0.6) is 0 Å². The Hall–Kier alpha value is -1.28. The molecule has 3 heteroatoms. The molecule has 0 aliphatic carbocycles. The zero-order chi connectivity index (χ0) is 10.8. The number of benzene rings is 1. The van der Waals surface area contributed by atoms with E-state index in [9.17, 15) is 4.79 Å². The van der Waals surface area contributed by atoms with E-state index in [1.807, 2.05) is 31.2 Å². The highest BCUT2D eigenvalue weighted by molar-refractivity contribution is 6.30. The summed E-state index contributed by atoms with van der Waals surface area (Å²) in [4.78, 5) is 11.4. The molecule has 1 heterocycles. The lowest BCUT2D eigenvalue weighted by molar-refractivity contribution is -0.115. The molecule has 15 heavy (non-hydrogen) atoms. The highest BCUT2D eigenvalue weighted by Crippen LogP contribution is 2.23. The maximum Gasteiger partial charge on any atom is 0.159 e. The van der Waals surface area contributed by atoms with Gasteiger partial charge in [-0.15, -0.1) is 0 Å². The first-order valence-electron chi connectivity index (χ1n) is 4.88. The molecule has 1 aliphatic heterocycles. The largest absolute Gasteiger partial charge is 0.381 e. The van der Waals surface area contributed by atoms with Crippen LogP contribution in [-0.2, 0) is 4.79 Å². The fourth-order valence-electron chi connectivity index (χ4n) is 1.77. The van der Waals surface area contributed by atoms with Gasteiger partial charge in [-0.25, -0.2) is 0 Å². The van der Waals surface area contributed by atoms with Gasteiger partial charge >= 0.3 is 0 Å². The average Bonchev–Trinajstić information content (AvgIpc) is 2.17. The van der Waals surface area contributed by atoms with Crippen molar-refractivity contribution in [1.82, 2.24) is 5.32 Å². The van der Waals surface area contributed by atoms with E-state index in [-0.39, 0.29) is 11.8 Å². The highest BCUT2D eigenvalue weighted by atomic mass is 35.5. The van der Waals surface area contributed by atoms with Gasteiger partial charge in [-0.05, 0) is 30.7 Å².